The monoisotopic (exact) mass is 360 g/mol. The van der Waals surface area contributed by atoms with Crippen molar-refractivity contribution in [2.45, 2.75) is 59.2 Å². The van der Waals surface area contributed by atoms with Gasteiger partial charge in [0.2, 0.25) is 5.91 Å². The molecule has 0 aliphatic rings. The van der Waals surface area contributed by atoms with Crippen LogP contribution in [0.25, 0.3) is 11.0 Å². The van der Waals surface area contributed by atoms with Crippen LogP contribution in [0, 0.1) is 5.92 Å². The summed E-state index contributed by atoms with van der Waals surface area (Å²) in [5.74, 6) is 0.446. The molecule has 0 aliphatic carbocycles. The summed E-state index contributed by atoms with van der Waals surface area (Å²) in [6, 6.07) is 7.87. The molecule has 1 aromatic heterocycles. The zero-order valence-electron chi connectivity index (χ0n) is 16.4. The molecule has 1 heterocycles. The van der Waals surface area contributed by atoms with E-state index in [0.717, 1.165) is 23.9 Å². The van der Waals surface area contributed by atoms with Crippen molar-refractivity contribution < 1.29 is 4.79 Å². The van der Waals surface area contributed by atoms with Gasteiger partial charge in [-0.05, 0) is 30.9 Å². The lowest BCUT2D eigenvalue weighted by atomic mass is 10.0. The Kier molecular flexibility index (Phi) is 7.03. The van der Waals surface area contributed by atoms with Crippen molar-refractivity contribution >= 4 is 16.9 Å². The van der Waals surface area contributed by atoms with Crippen LogP contribution in [0.15, 0.2) is 29.1 Å². The van der Waals surface area contributed by atoms with Crippen molar-refractivity contribution in [1.29, 1.82) is 0 Å². The molecule has 0 bridgehead atoms. The Morgan fingerprint density at radius 2 is 1.73 bits per heavy atom. The molecular formula is C20H32N4O2. The van der Waals surface area contributed by atoms with Gasteiger partial charge in [-0.3, -0.25) is 13.9 Å². The molecular weight excluding hydrogens is 328 g/mol. The minimum atomic E-state index is -0.0367. The van der Waals surface area contributed by atoms with Gasteiger partial charge in [0.25, 0.3) is 0 Å². The number of nitrogens with two attached hydrogens (primary N) is 1. The van der Waals surface area contributed by atoms with Gasteiger partial charge in [-0.1, -0.05) is 32.9 Å². The molecule has 1 atom stereocenters. The fourth-order valence-corrected chi connectivity index (χ4v) is 3.13. The lowest BCUT2D eigenvalue weighted by Gasteiger charge is -2.21. The molecule has 1 amide bonds. The lowest BCUT2D eigenvalue weighted by molar-refractivity contribution is -0.130. The standard InChI is InChI=1S/C20H32N4O2/c1-5-12-23-17-8-6-7-9-18(17)24(20(23)26)14-11-19(25)22(4)13-10-16(21)15(2)3/h6-9,15-16H,5,10-14,21H2,1-4H3. The Morgan fingerprint density at radius 1 is 1.15 bits per heavy atom. The van der Waals surface area contributed by atoms with Crippen LogP contribution in [-0.2, 0) is 17.9 Å². The van der Waals surface area contributed by atoms with E-state index in [2.05, 4.69) is 20.8 Å². The maximum absolute atomic E-state index is 12.7. The quantitative estimate of drug-likeness (QED) is 0.746. The summed E-state index contributed by atoms with van der Waals surface area (Å²) >= 11 is 0. The summed E-state index contributed by atoms with van der Waals surface area (Å²) in [6.07, 6.45) is 1.99. The molecule has 0 aliphatic heterocycles. The summed E-state index contributed by atoms with van der Waals surface area (Å²) in [4.78, 5) is 26.9. The van der Waals surface area contributed by atoms with Crippen LogP contribution in [0.3, 0.4) is 0 Å². The number of amides is 1. The number of rotatable bonds is 9. The minimum Gasteiger partial charge on any atom is -0.346 e. The Labute approximate surface area is 155 Å². The second kappa shape index (κ2) is 9.03. The summed E-state index contributed by atoms with van der Waals surface area (Å²) in [5, 5.41) is 0. The number of nitrogens with zero attached hydrogens (tertiary/aromatic N) is 3. The van der Waals surface area contributed by atoms with E-state index in [4.69, 9.17) is 5.73 Å². The Balaban J connectivity index is 2.06. The van der Waals surface area contributed by atoms with E-state index in [0.29, 0.717) is 32.0 Å². The molecule has 0 saturated carbocycles. The number of para-hydroxylation sites is 2. The van der Waals surface area contributed by atoms with Crippen LogP contribution in [0.5, 0.6) is 0 Å². The number of imidazole rings is 1. The number of carbonyl (C=O) groups excluding carboxylic acids is 1. The average molecular weight is 361 g/mol. The Bertz CT molecular complexity index is 791. The molecule has 1 unspecified atom stereocenters. The average Bonchev–Trinajstić information content (AvgIpc) is 2.89. The first-order valence-corrected chi connectivity index (χ1v) is 9.54. The first-order valence-electron chi connectivity index (χ1n) is 9.54. The fraction of sp³-hybridized carbons (Fsp3) is 0.600. The summed E-state index contributed by atoms with van der Waals surface area (Å²) in [6.45, 7) is 7.96. The van der Waals surface area contributed by atoms with E-state index in [-0.39, 0.29) is 17.6 Å². The third kappa shape index (κ3) is 4.55. The van der Waals surface area contributed by atoms with Gasteiger partial charge in [0.1, 0.15) is 0 Å². The van der Waals surface area contributed by atoms with E-state index in [1.54, 1.807) is 21.1 Å². The van der Waals surface area contributed by atoms with E-state index in [1.165, 1.54) is 0 Å². The van der Waals surface area contributed by atoms with Gasteiger partial charge in [0.15, 0.2) is 0 Å². The van der Waals surface area contributed by atoms with Crippen molar-refractivity contribution in [3.05, 3.63) is 34.7 Å². The molecule has 2 aromatic rings. The van der Waals surface area contributed by atoms with Crippen molar-refractivity contribution in [3.8, 4) is 0 Å². The number of aromatic nitrogens is 2. The van der Waals surface area contributed by atoms with Gasteiger partial charge in [-0.2, -0.15) is 0 Å². The van der Waals surface area contributed by atoms with Gasteiger partial charge >= 0.3 is 5.69 Å². The number of carbonyl (C=O) groups is 1. The summed E-state index contributed by atoms with van der Waals surface area (Å²) in [5.41, 5.74) is 7.85. The van der Waals surface area contributed by atoms with E-state index >= 15 is 0 Å². The molecule has 2 rings (SSSR count). The first kappa shape index (κ1) is 20.2. The third-order valence-electron chi connectivity index (χ3n) is 5.00. The van der Waals surface area contributed by atoms with Crippen LogP contribution in [0.2, 0.25) is 0 Å². The number of aryl methyl sites for hydroxylation is 2. The summed E-state index contributed by atoms with van der Waals surface area (Å²) in [7, 11) is 1.80. The molecule has 144 valence electrons. The number of hydrogen-bond donors (Lipinski definition) is 1. The number of benzene rings is 1. The molecule has 0 fully saturated rings. The molecule has 1 aromatic carbocycles. The minimum absolute atomic E-state index is 0.0367. The zero-order chi connectivity index (χ0) is 19.3. The van der Waals surface area contributed by atoms with Gasteiger partial charge in [0, 0.05) is 39.1 Å². The zero-order valence-corrected chi connectivity index (χ0v) is 16.4. The summed E-state index contributed by atoms with van der Waals surface area (Å²) < 4.78 is 3.52. The molecule has 6 heteroatoms. The highest BCUT2D eigenvalue weighted by atomic mass is 16.2. The third-order valence-corrected chi connectivity index (χ3v) is 5.00. The van der Waals surface area contributed by atoms with Gasteiger partial charge in [-0.25, -0.2) is 4.79 Å². The Morgan fingerprint density at radius 3 is 2.27 bits per heavy atom. The molecule has 6 nitrogen and oxygen atoms in total. The maximum atomic E-state index is 12.7. The molecule has 0 spiro atoms. The maximum Gasteiger partial charge on any atom is 0.329 e. The largest absolute Gasteiger partial charge is 0.346 e. The predicted octanol–water partition coefficient (Wildman–Crippen LogP) is 2.43. The molecule has 2 N–H and O–H groups in total. The second-order valence-electron chi connectivity index (χ2n) is 7.34. The van der Waals surface area contributed by atoms with Crippen LogP contribution >= 0.6 is 0 Å². The van der Waals surface area contributed by atoms with Gasteiger partial charge in [-0.15, -0.1) is 0 Å². The van der Waals surface area contributed by atoms with Crippen molar-refractivity contribution in [1.82, 2.24) is 14.0 Å². The lowest BCUT2D eigenvalue weighted by Crippen LogP contribution is -2.35. The topological polar surface area (TPSA) is 73.3 Å². The molecule has 0 saturated heterocycles. The molecule has 26 heavy (non-hydrogen) atoms. The highest BCUT2D eigenvalue weighted by Crippen LogP contribution is 2.14. The SMILES string of the molecule is CCCn1c(=O)n(CCC(=O)N(C)CCC(N)C(C)C)c2ccccc21. The highest BCUT2D eigenvalue weighted by molar-refractivity contribution is 5.78. The molecule has 0 radical (unpaired) electrons. The normalized spacial score (nSPS) is 12.7. The van der Waals surface area contributed by atoms with E-state index in [9.17, 15) is 9.59 Å². The number of fused-ring (bicyclic) bond motifs is 1. The van der Waals surface area contributed by atoms with Gasteiger partial charge in [0.05, 0.1) is 11.0 Å². The van der Waals surface area contributed by atoms with Crippen LogP contribution < -0.4 is 11.4 Å². The van der Waals surface area contributed by atoms with Crippen molar-refractivity contribution in [2.24, 2.45) is 11.7 Å². The van der Waals surface area contributed by atoms with Crippen LogP contribution in [0.1, 0.15) is 40.0 Å². The van der Waals surface area contributed by atoms with Crippen molar-refractivity contribution in [3.63, 3.8) is 0 Å². The second-order valence-corrected chi connectivity index (χ2v) is 7.34. The van der Waals surface area contributed by atoms with Crippen LogP contribution in [-0.4, -0.2) is 39.6 Å². The van der Waals surface area contributed by atoms with Crippen LogP contribution in [0.4, 0.5) is 0 Å². The Hall–Kier alpha value is -2.08. The fourth-order valence-electron chi connectivity index (χ4n) is 3.13. The van der Waals surface area contributed by atoms with Gasteiger partial charge < -0.3 is 10.6 Å². The van der Waals surface area contributed by atoms with E-state index < -0.39 is 0 Å². The smallest absolute Gasteiger partial charge is 0.329 e. The van der Waals surface area contributed by atoms with E-state index in [1.807, 2.05) is 24.3 Å². The first-order chi connectivity index (χ1) is 12.4. The van der Waals surface area contributed by atoms with Crippen molar-refractivity contribution in [2.75, 3.05) is 13.6 Å². The predicted molar refractivity (Wildman–Crippen MR) is 106 cm³/mol. The number of hydrogen-bond acceptors (Lipinski definition) is 3. The highest BCUT2D eigenvalue weighted by Gasteiger charge is 2.16.